The zero-order chi connectivity index (χ0) is 14.8. The van der Waals surface area contributed by atoms with Crippen LogP contribution in [-0.4, -0.2) is 21.2 Å². The number of aromatic carboxylic acids is 1. The van der Waals surface area contributed by atoms with Crippen molar-refractivity contribution < 1.29 is 14.4 Å². The van der Waals surface area contributed by atoms with E-state index in [1.165, 1.54) is 0 Å². The molecular formula is C15H17N3O3. The molecule has 0 bridgehead atoms. The van der Waals surface area contributed by atoms with Crippen LogP contribution < -0.4 is 5.32 Å². The molecule has 0 fully saturated rings. The van der Waals surface area contributed by atoms with Crippen LogP contribution in [0.1, 0.15) is 45.9 Å². The number of hydrogen-bond acceptors (Lipinski definition) is 5. The lowest BCUT2D eigenvalue weighted by atomic mass is 9.94. The number of hydrogen-bond donors (Lipinski definition) is 2. The Kier molecular flexibility index (Phi) is 3.60. The minimum atomic E-state index is -0.963. The molecule has 0 aliphatic heterocycles. The second-order valence-corrected chi connectivity index (χ2v) is 5.29. The molecule has 2 N–H and O–H groups in total. The second kappa shape index (κ2) is 5.55. The predicted molar refractivity (Wildman–Crippen MR) is 76.4 cm³/mol. The fraction of sp³-hybridized carbons (Fsp3) is 0.400. The van der Waals surface area contributed by atoms with E-state index in [0.29, 0.717) is 12.4 Å². The fourth-order valence-corrected chi connectivity index (χ4v) is 2.61. The SMILES string of the molecule is Cc1cc(CNc2nc3c(cc2C(=O)O)CCCC3)no1. The smallest absolute Gasteiger partial charge is 0.339 e. The van der Waals surface area contributed by atoms with Crippen LogP contribution in [0.2, 0.25) is 0 Å². The molecule has 0 spiro atoms. The molecule has 2 heterocycles. The van der Waals surface area contributed by atoms with E-state index in [2.05, 4.69) is 15.5 Å². The molecule has 6 nitrogen and oxygen atoms in total. The summed E-state index contributed by atoms with van der Waals surface area (Å²) >= 11 is 0. The zero-order valence-electron chi connectivity index (χ0n) is 11.8. The molecule has 0 radical (unpaired) electrons. The third kappa shape index (κ3) is 2.89. The van der Waals surface area contributed by atoms with Crippen LogP contribution in [0.3, 0.4) is 0 Å². The number of rotatable bonds is 4. The highest BCUT2D eigenvalue weighted by molar-refractivity contribution is 5.93. The fourth-order valence-electron chi connectivity index (χ4n) is 2.61. The van der Waals surface area contributed by atoms with Crippen LogP contribution in [0, 0.1) is 6.92 Å². The van der Waals surface area contributed by atoms with Gasteiger partial charge in [0.05, 0.1) is 6.54 Å². The number of pyridine rings is 1. The number of anilines is 1. The molecule has 1 aliphatic rings. The number of aryl methyl sites for hydroxylation is 3. The maximum Gasteiger partial charge on any atom is 0.339 e. The van der Waals surface area contributed by atoms with Crippen LogP contribution in [-0.2, 0) is 19.4 Å². The van der Waals surface area contributed by atoms with Crippen molar-refractivity contribution in [1.82, 2.24) is 10.1 Å². The average molecular weight is 287 g/mol. The van der Waals surface area contributed by atoms with E-state index >= 15 is 0 Å². The maximum absolute atomic E-state index is 11.4. The maximum atomic E-state index is 11.4. The van der Waals surface area contributed by atoms with Crippen molar-refractivity contribution in [3.05, 3.63) is 40.4 Å². The van der Waals surface area contributed by atoms with E-state index in [1.54, 1.807) is 6.07 Å². The third-order valence-electron chi connectivity index (χ3n) is 3.64. The summed E-state index contributed by atoms with van der Waals surface area (Å²) in [6, 6.07) is 3.56. The Balaban J connectivity index is 1.87. The Morgan fingerprint density at radius 3 is 2.90 bits per heavy atom. The summed E-state index contributed by atoms with van der Waals surface area (Å²) < 4.78 is 4.99. The van der Waals surface area contributed by atoms with Crippen LogP contribution in [0.5, 0.6) is 0 Å². The minimum Gasteiger partial charge on any atom is -0.478 e. The zero-order valence-corrected chi connectivity index (χ0v) is 11.8. The van der Waals surface area contributed by atoms with E-state index in [1.807, 2.05) is 13.0 Å². The van der Waals surface area contributed by atoms with Crippen molar-refractivity contribution in [1.29, 1.82) is 0 Å². The average Bonchev–Trinajstić information content (AvgIpc) is 2.89. The topological polar surface area (TPSA) is 88.2 Å². The highest BCUT2D eigenvalue weighted by atomic mass is 16.5. The Labute approximate surface area is 122 Å². The summed E-state index contributed by atoms with van der Waals surface area (Å²) in [5.74, 6) is 0.169. The van der Waals surface area contributed by atoms with Gasteiger partial charge in [0.25, 0.3) is 0 Å². The van der Waals surface area contributed by atoms with Crippen molar-refractivity contribution in [3.8, 4) is 0 Å². The first-order valence-electron chi connectivity index (χ1n) is 7.05. The summed E-state index contributed by atoms with van der Waals surface area (Å²) in [6.07, 6.45) is 4.02. The summed E-state index contributed by atoms with van der Waals surface area (Å²) in [6.45, 7) is 2.21. The molecule has 6 heteroatoms. The van der Waals surface area contributed by atoms with Gasteiger partial charge in [0.2, 0.25) is 0 Å². The van der Waals surface area contributed by atoms with E-state index < -0.39 is 5.97 Å². The van der Waals surface area contributed by atoms with Crippen molar-refractivity contribution >= 4 is 11.8 Å². The van der Waals surface area contributed by atoms with Gasteiger partial charge in [-0.05, 0) is 44.2 Å². The first kappa shape index (κ1) is 13.6. The number of carboxylic acids is 1. The Morgan fingerprint density at radius 2 is 2.19 bits per heavy atom. The largest absolute Gasteiger partial charge is 0.478 e. The summed E-state index contributed by atoms with van der Waals surface area (Å²) in [4.78, 5) is 15.9. The van der Waals surface area contributed by atoms with Gasteiger partial charge in [-0.3, -0.25) is 0 Å². The van der Waals surface area contributed by atoms with Gasteiger partial charge >= 0.3 is 5.97 Å². The van der Waals surface area contributed by atoms with Gasteiger partial charge in [-0.1, -0.05) is 5.16 Å². The van der Waals surface area contributed by atoms with Gasteiger partial charge < -0.3 is 14.9 Å². The summed E-state index contributed by atoms with van der Waals surface area (Å²) in [5, 5.41) is 16.3. The van der Waals surface area contributed by atoms with Gasteiger partial charge in [-0.25, -0.2) is 9.78 Å². The first-order chi connectivity index (χ1) is 10.1. The molecule has 21 heavy (non-hydrogen) atoms. The molecule has 0 unspecified atom stereocenters. The lowest BCUT2D eigenvalue weighted by molar-refractivity contribution is 0.0697. The summed E-state index contributed by atoms with van der Waals surface area (Å²) in [5.41, 5.74) is 3.01. The van der Waals surface area contributed by atoms with Crippen molar-refractivity contribution in [2.75, 3.05) is 5.32 Å². The van der Waals surface area contributed by atoms with Gasteiger partial charge in [-0.2, -0.15) is 0 Å². The lowest BCUT2D eigenvalue weighted by Crippen LogP contribution is -2.14. The standard InChI is InChI=1S/C15H17N3O3/c1-9-6-11(18-21-9)8-16-14-12(15(19)20)7-10-4-2-3-5-13(10)17-14/h6-7H,2-5,8H2,1H3,(H,16,17)(H,19,20). The van der Waals surface area contributed by atoms with Gasteiger partial charge in [0, 0.05) is 11.8 Å². The first-order valence-corrected chi connectivity index (χ1v) is 7.05. The van der Waals surface area contributed by atoms with Crippen LogP contribution in [0.4, 0.5) is 5.82 Å². The molecule has 1 aliphatic carbocycles. The minimum absolute atomic E-state index is 0.218. The predicted octanol–water partition coefficient (Wildman–Crippen LogP) is 2.57. The Morgan fingerprint density at radius 1 is 1.38 bits per heavy atom. The molecule has 0 saturated carbocycles. The van der Waals surface area contributed by atoms with E-state index in [9.17, 15) is 9.90 Å². The highest BCUT2D eigenvalue weighted by Crippen LogP contribution is 2.25. The molecule has 3 rings (SSSR count). The quantitative estimate of drug-likeness (QED) is 0.898. The summed E-state index contributed by atoms with van der Waals surface area (Å²) in [7, 11) is 0. The lowest BCUT2D eigenvalue weighted by Gasteiger charge is -2.17. The van der Waals surface area contributed by atoms with Gasteiger partial charge in [0.1, 0.15) is 22.8 Å². The van der Waals surface area contributed by atoms with Crippen LogP contribution in [0.15, 0.2) is 16.7 Å². The van der Waals surface area contributed by atoms with Crippen LogP contribution >= 0.6 is 0 Å². The molecule has 2 aromatic heterocycles. The Bertz CT molecular complexity index is 679. The monoisotopic (exact) mass is 287 g/mol. The van der Waals surface area contributed by atoms with E-state index in [-0.39, 0.29) is 5.56 Å². The van der Waals surface area contributed by atoms with Gasteiger partial charge in [-0.15, -0.1) is 0 Å². The Hall–Kier alpha value is -2.37. The van der Waals surface area contributed by atoms with Crippen molar-refractivity contribution in [3.63, 3.8) is 0 Å². The number of aromatic nitrogens is 2. The number of carboxylic acid groups (broad SMARTS) is 1. The number of fused-ring (bicyclic) bond motifs is 1. The third-order valence-corrected chi connectivity index (χ3v) is 3.64. The van der Waals surface area contributed by atoms with Crippen molar-refractivity contribution in [2.24, 2.45) is 0 Å². The van der Waals surface area contributed by atoms with E-state index in [4.69, 9.17) is 4.52 Å². The molecular weight excluding hydrogens is 270 g/mol. The second-order valence-electron chi connectivity index (χ2n) is 5.29. The van der Waals surface area contributed by atoms with E-state index in [0.717, 1.165) is 48.4 Å². The highest BCUT2D eigenvalue weighted by Gasteiger charge is 2.19. The molecule has 110 valence electrons. The van der Waals surface area contributed by atoms with Crippen molar-refractivity contribution in [2.45, 2.75) is 39.2 Å². The number of carbonyl (C=O) groups is 1. The molecule has 0 amide bonds. The van der Waals surface area contributed by atoms with Crippen LogP contribution in [0.25, 0.3) is 0 Å². The molecule has 0 aromatic carbocycles. The number of nitrogens with one attached hydrogen (secondary N) is 1. The normalized spacial score (nSPS) is 13.8. The van der Waals surface area contributed by atoms with Gasteiger partial charge in [0.15, 0.2) is 0 Å². The molecule has 0 saturated heterocycles. The molecule has 2 aromatic rings. The molecule has 0 atom stereocenters. The number of nitrogens with zero attached hydrogens (tertiary/aromatic N) is 2.